The average Bonchev–Trinajstić information content (AvgIpc) is 2.94. The minimum absolute atomic E-state index is 0.176. The van der Waals surface area contributed by atoms with E-state index in [4.69, 9.17) is 10.3 Å². The molecular formula is C14H27N5O. The van der Waals surface area contributed by atoms with Gasteiger partial charge < -0.3 is 15.2 Å². The molecule has 2 N–H and O–H groups in total. The summed E-state index contributed by atoms with van der Waals surface area (Å²) < 4.78 is 5.55. The zero-order valence-corrected chi connectivity index (χ0v) is 13.1. The molecule has 0 aromatic carbocycles. The van der Waals surface area contributed by atoms with Crippen LogP contribution in [0.1, 0.15) is 44.4 Å². The first-order valence-corrected chi connectivity index (χ1v) is 7.49. The molecule has 1 atom stereocenters. The second-order valence-electron chi connectivity index (χ2n) is 5.91. The van der Waals surface area contributed by atoms with Crippen LogP contribution >= 0.6 is 0 Å². The molecule has 6 nitrogen and oxygen atoms in total. The third-order valence-electron chi connectivity index (χ3n) is 4.79. The Bertz CT molecular complexity index is 421. The highest BCUT2D eigenvalue weighted by molar-refractivity contribution is 5.08. The Labute approximate surface area is 121 Å². The first kappa shape index (κ1) is 15.4. The van der Waals surface area contributed by atoms with Gasteiger partial charge >= 0.3 is 0 Å². The van der Waals surface area contributed by atoms with Crippen LogP contribution in [-0.4, -0.2) is 60.2 Å². The summed E-state index contributed by atoms with van der Waals surface area (Å²) in [5.74, 6) is 1.48. The van der Waals surface area contributed by atoms with Crippen molar-refractivity contribution < 1.29 is 4.52 Å². The van der Waals surface area contributed by atoms with Gasteiger partial charge in [-0.2, -0.15) is 4.98 Å². The maximum Gasteiger partial charge on any atom is 0.234 e. The van der Waals surface area contributed by atoms with Crippen molar-refractivity contribution in [2.75, 3.05) is 40.3 Å². The minimum Gasteiger partial charge on any atom is -0.339 e. The van der Waals surface area contributed by atoms with Crippen LogP contribution in [0.25, 0.3) is 0 Å². The summed E-state index contributed by atoms with van der Waals surface area (Å²) in [6, 6.07) is 0.204. The van der Waals surface area contributed by atoms with E-state index in [-0.39, 0.29) is 11.5 Å². The van der Waals surface area contributed by atoms with E-state index in [1.807, 2.05) is 0 Å². The van der Waals surface area contributed by atoms with Crippen LogP contribution in [0.15, 0.2) is 4.52 Å². The van der Waals surface area contributed by atoms with Crippen molar-refractivity contribution in [3.63, 3.8) is 0 Å². The zero-order valence-electron chi connectivity index (χ0n) is 13.1. The highest BCUT2D eigenvalue weighted by Gasteiger charge is 2.35. The lowest BCUT2D eigenvalue weighted by molar-refractivity contribution is 0.108. The standard InChI is InChI=1S/C14H27N5O/c1-5-14(6-2,10-15)13-16-12(17-20-13)11-9-18(3)7-8-19(11)4/h11H,5-10,15H2,1-4H3. The highest BCUT2D eigenvalue weighted by atomic mass is 16.5. The summed E-state index contributed by atoms with van der Waals surface area (Å²) in [6.07, 6.45) is 1.84. The average molecular weight is 281 g/mol. The maximum absolute atomic E-state index is 5.95. The lowest BCUT2D eigenvalue weighted by Gasteiger charge is -2.35. The summed E-state index contributed by atoms with van der Waals surface area (Å²) in [5, 5.41) is 4.22. The highest BCUT2D eigenvalue weighted by Crippen LogP contribution is 2.31. The number of nitrogens with two attached hydrogens (primary N) is 1. The molecule has 0 bridgehead atoms. The summed E-state index contributed by atoms with van der Waals surface area (Å²) in [4.78, 5) is 9.27. The molecule has 1 aromatic rings. The molecule has 0 spiro atoms. The van der Waals surface area contributed by atoms with E-state index >= 15 is 0 Å². The molecule has 1 saturated heterocycles. The third-order valence-corrected chi connectivity index (χ3v) is 4.79. The predicted molar refractivity (Wildman–Crippen MR) is 78.5 cm³/mol. The second-order valence-corrected chi connectivity index (χ2v) is 5.91. The van der Waals surface area contributed by atoms with Crippen molar-refractivity contribution >= 4 is 0 Å². The normalized spacial score (nSPS) is 22.4. The second kappa shape index (κ2) is 6.20. The molecule has 20 heavy (non-hydrogen) atoms. The van der Waals surface area contributed by atoms with Gasteiger partial charge in [0.15, 0.2) is 5.82 Å². The van der Waals surface area contributed by atoms with E-state index in [0.717, 1.165) is 38.3 Å². The number of likely N-dealkylation sites (N-methyl/N-ethyl adjacent to an activating group) is 2. The van der Waals surface area contributed by atoms with Crippen LogP contribution in [0, 0.1) is 0 Å². The van der Waals surface area contributed by atoms with Crippen molar-refractivity contribution in [3.8, 4) is 0 Å². The van der Waals surface area contributed by atoms with Crippen molar-refractivity contribution in [2.24, 2.45) is 5.73 Å². The molecular weight excluding hydrogens is 254 g/mol. The van der Waals surface area contributed by atoms with Gasteiger partial charge in [0.25, 0.3) is 0 Å². The van der Waals surface area contributed by atoms with Crippen LogP contribution in [0.2, 0.25) is 0 Å². The van der Waals surface area contributed by atoms with Gasteiger partial charge in [-0.05, 0) is 26.9 Å². The smallest absolute Gasteiger partial charge is 0.234 e. The fourth-order valence-electron chi connectivity index (χ4n) is 2.80. The molecule has 0 aliphatic carbocycles. The molecule has 1 aliphatic heterocycles. The number of rotatable bonds is 5. The largest absolute Gasteiger partial charge is 0.339 e. The summed E-state index contributed by atoms with van der Waals surface area (Å²) >= 11 is 0. The molecule has 114 valence electrons. The van der Waals surface area contributed by atoms with Crippen molar-refractivity contribution in [1.29, 1.82) is 0 Å². The van der Waals surface area contributed by atoms with Gasteiger partial charge in [0, 0.05) is 26.2 Å². The van der Waals surface area contributed by atoms with E-state index in [0.29, 0.717) is 12.4 Å². The minimum atomic E-state index is -0.176. The Morgan fingerprint density at radius 1 is 1.30 bits per heavy atom. The quantitative estimate of drug-likeness (QED) is 0.868. The molecule has 1 unspecified atom stereocenters. The summed E-state index contributed by atoms with van der Waals surface area (Å²) in [6.45, 7) is 7.83. The van der Waals surface area contributed by atoms with Crippen LogP contribution in [0.4, 0.5) is 0 Å². The number of aromatic nitrogens is 2. The Kier molecular flexibility index (Phi) is 4.78. The van der Waals surface area contributed by atoms with Crippen LogP contribution < -0.4 is 5.73 Å². The molecule has 2 rings (SSSR count). The first-order chi connectivity index (χ1) is 9.56. The van der Waals surface area contributed by atoms with Crippen molar-refractivity contribution in [1.82, 2.24) is 19.9 Å². The Morgan fingerprint density at radius 2 is 2.00 bits per heavy atom. The monoisotopic (exact) mass is 281 g/mol. The zero-order chi connectivity index (χ0) is 14.8. The van der Waals surface area contributed by atoms with Crippen molar-refractivity contribution in [2.45, 2.75) is 38.1 Å². The maximum atomic E-state index is 5.95. The molecule has 1 fully saturated rings. The molecule has 1 aromatic heterocycles. The number of nitrogens with zero attached hydrogens (tertiary/aromatic N) is 4. The van der Waals surface area contributed by atoms with Crippen LogP contribution in [-0.2, 0) is 5.41 Å². The van der Waals surface area contributed by atoms with Gasteiger partial charge in [-0.3, -0.25) is 4.90 Å². The van der Waals surface area contributed by atoms with E-state index in [1.54, 1.807) is 0 Å². The first-order valence-electron chi connectivity index (χ1n) is 7.49. The number of piperazine rings is 1. The molecule has 0 amide bonds. The van der Waals surface area contributed by atoms with Crippen molar-refractivity contribution in [3.05, 3.63) is 11.7 Å². The fourth-order valence-corrected chi connectivity index (χ4v) is 2.80. The number of hydrogen-bond acceptors (Lipinski definition) is 6. The predicted octanol–water partition coefficient (Wildman–Crippen LogP) is 1.00. The SMILES string of the molecule is CCC(CC)(CN)c1nc(C2CN(C)CCN2C)no1. The fraction of sp³-hybridized carbons (Fsp3) is 0.857. The summed E-state index contributed by atoms with van der Waals surface area (Å²) in [7, 11) is 4.24. The van der Waals surface area contributed by atoms with Gasteiger partial charge in [-0.25, -0.2) is 0 Å². The Balaban J connectivity index is 2.23. The van der Waals surface area contributed by atoms with E-state index < -0.39 is 0 Å². The van der Waals surface area contributed by atoms with Crippen LogP contribution in [0.5, 0.6) is 0 Å². The van der Waals surface area contributed by atoms with Gasteiger partial charge in [0.1, 0.15) is 0 Å². The Hall–Kier alpha value is -0.980. The molecule has 1 aliphatic rings. The molecule has 2 heterocycles. The topological polar surface area (TPSA) is 71.4 Å². The summed E-state index contributed by atoms with van der Waals surface area (Å²) in [5.41, 5.74) is 5.78. The van der Waals surface area contributed by atoms with Gasteiger partial charge in [-0.15, -0.1) is 0 Å². The van der Waals surface area contributed by atoms with Gasteiger partial charge in [0.05, 0.1) is 11.5 Å². The van der Waals surface area contributed by atoms with Gasteiger partial charge in [-0.1, -0.05) is 19.0 Å². The Morgan fingerprint density at radius 3 is 2.60 bits per heavy atom. The van der Waals surface area contributed by atoms with E-state index in [1.165, 1.54) is 0 Å². The van der Waals surface area contributed by atoms with Gasteiger partial charge in [0.2, 0.25) is 5.89 Å². The van der Waals surface area contributed by atoms with Crippen LogP contribution in [0.3, 0.4) is 0 Å². The molecule has 6 heteroatoms. The molecule has 0 radical (unpaired) electrons. The molecule has 0 saturated carbocycles. The third kappa shape index (κ3) is 2.73. The van der Waals surface area contributed by atoms with E-state index in [2.05, 4.69) is 47.9 Å². The van der Waals surface area contributed by atoms with E-state index in [9.17, 15) is 0 Å². The number of hydrogen-bond donors (Lipinski definition) is 1. The lowest BCUT2D eigenvalue weighted by Crippen LogP contribution is -2.45. The lowest BCUT2D eigenvalue weighted by atomic mass is 9.82.